The van der Waals surface area contributed by atoms with Crippen LogP contribution >= 0.6 is 0 Å². The Morgan fingerprint density at radius 3 is 2.86 bits per heavy atom. The van der Waals surface area contributed by atoms with Crippen molar-refractivity contribution in [2.75, 3.05) is 33.9 Å². The number of nitrogens with zero attached hydrogens (tertiary/aromatic N) is 1. The zero-order valence-electron chi connectivity index (χ0n) is 13.0. The average Bonchev–Trinajstić information content (AvgIpc) is 2.92. The summed E-state index contributed by atoms with van der Waals surface area (Å²) in [6, 6.07) is 7.54. The van der Waals surface area contributed by atoms with E-state index in [0.29, 0.717) is 26.2 Å². The van der Waals surface area contributed by atoms with Crippen LogP contribution in [-0.4, -0.2) is 50.6 Å². The summed E-state index contributed by atoms with van der Waals surface area (Å²) in [5.41, 5.74) is 0.916. The molecule has 0 saturated carbocycles. The van der Waals surface area contributed by atoms with Crippen molar-refractivity contribution >= 4 is 11.8 Å². The van der Waals surface area contributed by atoms with Gasteiger partial charge in [-0.1, -0.05) is 18.2 Å². The molecule has 1 aliphatic rings. The number of likely N-dealkylation sites (tertiary alicyclic amines) is 1. The molecular formula is C16H22N2O4. The standard InChI is InChI=1S/C16H22N2O4/c1-21-8-7-18-11-13(9-15(18)19)16(20)17-10-12-5-3-4-6-14(12)22-2/h3-6,13H,7-11H2,1-2H3,(H,17,20)/t13-/m0/s1. The average molecular weight is 306 g/mol. The minimum atomic E-state index is -0.293. The van der Waals surface area contributed by atoms with Gasteiger partial charge in [-0.25, -0.2) is 0 Å². The molecule has 1 aromatic rings. The number of nitrogens with one attached hydrogen (secondary N) is 1. The molecule has 0 aromatic heterocycles. The van der Waals surface area contributed by atoms with Crippen molar-refractivity contribution in [3.8, 4) is 5.75 Å². The minimum Gasteiger partial charge on any atom is -0.496 e. The lowest BCUT2D eigenvalue weighted by molar-refractivity contribution is -0.129. The van der Waals surface area contributed by atoms with E-state index in [9.17, 15) is 9.59 Å². The second-order valence-electron chi connectivity index (χ2n) is 5.26. The number of rotatable bonds is 7. The Morgan fingerprint density at radius 2 is 2.14 bits per heavy atom. The molecule has 0 spiro atoms. The van der Waals surface area contributed by atoms with Gasteiger partial charge in [-0.2, -0.15) is 0 Å². The number of hydrogen-bond donors (Lipinski definition) is 1. The first-order valence-corrected chi connectivity index (χ1v) is 7.32. The predicted octanol–water partition coefficient (Wildman–Crippen LogP) is 0.806. The molecule has 6 nitrogen and oxygen atoms in total. The smallest absolute Gasteiger partial charge is 0.225 e. The normalized spacial score (nSPS) is 17.6. The lowest BCUT2D eigenvalue weighted by Gasteiger charge is -2.16. The van der Waals surface area contributed by atoms with E-state index in [1.165, 1.54) is 0 Å². The maximum atomic E-state index is 12.2. The number of amides is 2. The SMILES string of the molecule is COCCN1C[C@@H](C(=O)NCc2ccccc2OC)CC1=O. The Labute approximate surface area is 130 Å². The van der Waals surface area contributed by atoms with Gasteiger partial charge in [-0.15, -0.1) is 0 Å². The first kappa shape index (κ1) is 16.3. The number of ether oxygens (including phenoxy) is 2. The van der Waals surface area contributed by atoms with Crippen LogP contribution in [0.4, 0.5) is 0 Å². The lowest BCUT2D eigenvalue weighted by Crippen LogP contribution is -2.33. The van der Waals surface area contributed by atoms with Gasteiger partial charge in [0.15, 0.2) is 0 Å². The first-order chi connectivity index (χ1) is 10.7. The van der Waals surface area contributed by atoms with E-state index in [-0.39, 0.29) is 24.2 Å². The van der Waals surface area contributed by atoms with Gasteiger partial charge in [0, 0.05) is 38.7 Å². The van der Waals surface area contributed by atoms with Crippen LogP contribution in [0, 0.1) is 5.92 Å². The van der Waals surface area contributed by atoms with Crippen molar-refractivity contribution in [3.63, 3.8) is 0 Å². The Bertz CT molecular complexity index is 533. The Hall–Kier alpha value is -2.08. The van der Waals surface area contributed by atoms with Gasteiger partial charge in [0.1, 0.15) is 5.75 Å². The number of benzene rings is 1. The third-order valence-corrected chi connectivity index (χ3v) is 3.80. The Balaban J connectivity index is 1.86. The summed E-state index contributed by atoms with van der Waals surface area (Å²) >= 11 is 0. The summed E-state index contributed by atoms with van der Waals surface area (Å²) in [7, 11) is 3.20. The molecule has 1 aromatic carbocycles. The van der Waals surface area contributed by atoms with E-state index in [1.807, 2.05) is 24.3 Å². The summed E-state index contributed by atoms with van der Waals surface area (Å²) in [5.74, 6) is 0.361. The van der Waals surface area contributed by atoms with Gasteiger partial charge < -0.3 is 19.7 Å². The molecule has 0 radical (unpaired) electrons. The molecular weight excluding hydrogens is 284 g/mol. The molecule has 2 amide bonds. The van der Waals surface area contributed by atoms with Crippen LogP contribution in [0.2, 0.25) is 0 Å². The number of hydrogen-bond acceptors (Lipinski definition) is 4. The molecule has 1 heterocycles. The van der Waals surface area contributed by atoms with Crippen molar-refractivity contribution in [3.05, 3.63) is 29.8 Å². The first-order valence-electron chi connectivity index (χ1n) is 7.32. The Morgan fingerprint density at radius 1 is 1.36 bits per heavy atom. The number of carbonyl (C=O) groups is 2. The molecule has 1 saturated heterocycles. The van der Waals surface area contributed by atoms with Gasteiger partial charge in [-0.3, -0.25) is 9.59 Å². The molecule has 1 N–H and O–H groups in total. The maximum Gasteiger partial charge on any atom is 0.225 e. The van der Waals surface area contributed by atoms with Crippen molar-refractivity contribution in [1.29, 1.82) is 0 Å². The number of carbonyl (C=O) groups excluding carboxylic acids is 2. The molecule has 22 heavy (non-hydrogen) atoms. The van der Waals surface area contributed by atoms with Crippen LogP contribution in [0.1, 0.15) is 12.0 Å². The molecule has 6 heteroatoms. The van der Waals surface area contributed by atoms with E-state index in [1.54, 1.807) is 19.1 Å². The molecule has 1 fully saturated rings. The second-order valence-corrected chi connectivity index (χ2v) is 5.26. The molecule has 1 atom stereocenters. The van der Waals surface area contributed by atoms with Crippen LogP contribution in [0.3, 0.4) is 0 Å². The zero-order chi connectivity index (χ0) is 15.9. The monoisotopic (exact) mass is 306 g/mol. The van der Waals surface area contributed by atoms with Crippen LogP contribution in [0.25, 0.3) is 0 Å². The molecule has 0 unspecified atom stereocenters. The molecule has 120 valence electrons. The zero-order valence-corrected chi connectivity index (χ0v) is 13.0. The van der Waals surface area contributed by atoms with Crippen LogP contribution in [0.5, 0.6) is 5.75 Å². The fourth-order valence-electron chi connectivity index (χ4n) is 2.54. The highest BCUT2D eigenvalue weighted by Gasteiger charge is 2.33. The summed E-state index contributed by atoms with van der Waals surface area (Å²) in [5, 5.41) is 2.88. The van der Waals surface area contributed by atoms with Gasteiger partial charge in [-0.05, 0) is 6.07 Å². The van der Waals surface area contributed by atoms with E-state index in [2.05, 4.69) is 5.32 Å². The van der Waals surface area contributed by atoms with Crippen LogP contribution < -0.4 is 10.1 Å². The number of methoxy groups -OCH3 is 2. The fourth-order valence-corrected chi connectivity index (χ4v) is 2.54. The molecule has 0 aliphatic carbocycles. The third-order valence-electron chi connectivity index (χ3n) is 3.80. The highest BCUT2D eigenvalue weighted by atomic mass is 16.5. The second kappa shape index (κ2) is 7.79. The lowest BCUT2D eigenvalue weighted by atomic mass is 10.1. The molecule has 0 bridgehead atoms. The van der Waals surface area contributed by atoms with E-state index in [0.717, 1.165) is 11.3 Å². The van der Waals surface area contributed by atoms with E-state index < -0.39 is 0 Å². The minimum absolute atomic E-state index is 0.00879. The van der Waals surface area contributed by atoms with Crippen LogP contribution in [-0.2, 0) is 20.9 Å². The fraction of sp³-hybridized carbons (Fsp3) is 0.500. The van der Waals surface area contributed by atoms with Crippen LogP contribution in [0.15, 0.2) is 24.3 Å². The summed E-state index contributed by atoms with van der Waals surface area (Å²) in [6.45, 7) is 1.87. The van der Waals surface area contributed by atoms with Gasteiger partial charge in [0.2, 0.25) is 11.8 Å². The maximum absolute atomic E-state index is 12.2. The number of para-hydroxylation sites is 1. The van der Waals surface area contributed by atoms with Gasteiger partial charge in [0.05, 0.1) is 19.6 Å². The quantitative estimate of drug-likeness (QED) is 0.809. The molecule has 1 aliphatic heterocycles. The van der Waals surface area contributed by atoms with E-state index >= 15 is 0 Å². The van der Waals surface area contributed by atoms with E-state index in [4.69, 9.17) is 9.47 Å². The van der Waals surface area contributed by atoms with Crippen molar-refractivity contribution < 1.29 is 19.1 Å². The third kappa shape index (κ3) is 3.98. The Kier molecular flexibility index (Phi) is 5.77. The summed E-state index contributed by atoms with van der Waals surface area (Å²) in [6.07, 6.45) is 0.265. The highest BCUT2D eigenvalue weighted by Crippen LogP contribution is 2.19. The highest BCUT2D eigenvalue weighted by molar-refractivity contribution is 5.89. The molecule has 2 rings (SSSR count). The topological polar surface area (TPSA) is 67.9 Å². The van der Waals surface area contributed by atoms with Gasteiger partial charge >= 0.3 is 0 Å². The largest absolute Gasteiger partial charge is 0.496 e. The van der Waals surface area contributed by atoms with Gasteiger partial charge in [0.25, 0.3) is 0 Å². The summed E-state index contributed by atoms with van der Waals surface area (Å²) < 4.78 is 10.2. The van der Waals surface area contributed by atoms with Crippen molar-refractivity contribution in [2.24, 2.45) is 5.92 Å². The van der Waals surface area contributed by atoms with Crippen molar-refractivity contribution in [2.45, 2.75) is 13.0 Å². The summed E-state index contributed by atoms with van der Waals surface area (Å²) in [4.78, 5) is 25.7. The van der Waals surface area contributed by atoms with Crippen molar-refractivity contribution in [1.82, 2.24) is 10.2 Å². The predicted molar refractivity (Wildman–Crippen MR) is 81.4 cm³/mol.